The van der Waals surface area contributed by atoms with Crippen molar-refractivity contribution in [2.45, 2.75) is 59.8 Å². The van der Waals surface area contributed by atoms with E-state index in [-0.39, 0.29) is 17.5 Å². The fraction of sp³-hybridized carbons (Fsp3) is 0.526. The van der Waals surface area contributed by atoms with Gasteiger partial charge in [-0.3, -0.25) is 14.4 Å². The van der Waals surface area contributed by atoms with Gasteiger partial charge in [-0.05, 0) is 49.4 Å². The van der Waals surface area contributed by atoms with Crippen molar-refractivity contribution in [3.05, 3.63) is 28.8 Å². The van der Waals surface area contributed by atoms with Gasteiger partial charge in [-0.1, -0.05) is 13.8 Å². The number of hydrogen-bond acceptors (Lipinski definition) is 3. The van der Waals surface area contributed by atoms with E-state index in [1.54, 1.807) is 6.07 Å². The first-order valence-corrected chi connectivity index (χ1v) is 8.31. The summed E-state index contributed by atoms with van der Waals surface area (Å²) in [6, 6.07) is 3.62. The van der Waals surface area contributed by atoms with Gasteiger partial charge in [0.25, 0.3) is 0 Å². The molecule has 0 radical (unpaired) electrons. The maximum atomic E-state index is 12.9. The van der Waals surface area contributed by atoms with Crippen LogP contribution in [0.25, 0.3) is 0 Å². The van der Waals surface area contributed by atoms with E-state index in [4.69, 9.17) is 0 Å². The number of ketones is 2. The molecule has 0 spiro atoms. The Morgan fingerprint density at radius 2 is 1.96 bits per heavy atom. The molecule has 1 aliphatic carbocycles. The summed E-state index contributed by atoms with van der Waals surface area (Å²) in [4.78, 5) is 35.9. The van der Waals surface area contributed by atoms with Gasteiger partial charge in [-0.25, -0.2) is 0 Å². The van der Waals surface area contributed by atoms with E-state index in [1.165, 1.54) is 6.92 Å². The van der Waals surface area contributed by atoms with Gasteiger partial charge in [-0.2, -0.15) is 0 Å². The van der Waals surface area contributed by atoms with Crippen molar-refractivity contribution in [1.29, 1.82) is 0 Å². The Morgan fingerprint density at radius 1 is 1.26 bits per heavy atom. The van der Waals surface area contributed by atoms with Crippen LogP contribution >= 0.6 is 0 Å². The minimum Gasteiger partial charge on any atom is -0.326 e. The molecule has 1 aromatic carbocycles. The van der Waals surface area contributed by atoms with Crippen molar-refractivity contribution in [3.63, 3.8) is 0 Å². The minimum absolute atomic E-state index is 0.118. The van der Waals surface area contributed by atoms with E-state index in [0.29, 0.717) is 25.7 Å². The van der Waals surface area contributed by atoms with E-state index in [1.807, 2.05) is 26.8 Å². The van der Waals surface area contributed by atoms with Crippen molar-refractivity contribution >= 4 is 23.2 Å². The monoisotopic (exact) mass is 315 g/mol. The Balaban J connectivity index is 2.34. The third-order valence-corrected chi connectivity index (χ3v) is 5.10. The third kappa shape index (κ3) is 3.21. The molecule has 1 amide bonds. The van der Waals surface area contributed by atoms with Crippen LogP contribution in [-0.2, 0) is 16.0 Å². The molecule has 124 valence electrons. The Hall–Kier alpha value is -1.97. The number of rotatable bonds is 6. The largest absolute Gasteiger partial charge is 0.326 e. The second-order valence-corrected chi connectivity index (χ2v) is 6.48. The van der Waals surface area contributed by atoms with Gasteiger partial charge in [-0.15, -0.1) is 0 Å². The van der Waals surface area contributed by atoms with Crippen LogP contribution in [0.2, 0.25) is 0 Å². The number of amides is 1. The number of anilines is 1. The topological polar surface area (TPSA) is 63.2 Å². The first-order chi connectivity index (χ1) is 10.8. The van der Waals surface area contributed by atoms with E-state index in [9.17, 15) is 14.4 Å². The van der Waals surface area contributed by atoms with Crippen LogP contribution in [0.4, 0.5) is 5.69 Å². The number of Topliss-reactive ketones (excluding diaryl/α,β-unsaturated/α-hetero) is 2. The van der Waals surface area contributed by atoms with Gasteiger partial charge >= 0.3 is 0 Å². The van der Waals surface area contributed by atoms with Gasteiger partial charge < -0.3 is 5.32 Å². The number of carbonyl (C=O) groups is 3. The fourth-order valence-corrected chi connectivity index (χ4v) is 3.45. The van der Waals surface area contributed by atoms with Crippen LogP contribution in [0.15, 0.2) is 12.1 Å². The van der Waals surface area contributed by atoms with Gasteiger partial charge in [0.05, 0.1) is 0 Å². The molecule has 0 fully saturated rings. The van der Waals surface area contributed by atoms with Crippen molar-refractivity contribution in [1.82, 2.24) is 0 Å². The summed E-state index contributed by atoms with van der Waals surface area (Å²) >= 11 is 0. The quantitative estimate of drug-likeness (QED) is 0.867. The Bertz CT molecular complexity index is 663. The van der Waals surface area contributed by atoms with Crippen LogP contribution in [0.5, 0.6) is 0 Å². The van der Waals surface area contributed by atoms with E-state index in [2.05, 4.69) is 5.32 Å². The van der Waals surface area contributed by atoms with Gasteiger partial charge in [0.15, 0.2) is 5.78 Å². The number of benzene rings is 1. The number of fused-ring (bicyclic) bond motifs is 1. The normalized spacial score (nSPS) is 19.6. The molecule has 0 aromatic heterocycles. The lowest BCUT2D eigenvalue weighted by atomic mass is 9.76. The first-order valence-electron chi connectivity index (χ1n) is 8.31. The summed E-state index contributed by atoms with van der Waals surface area (Å²) in [6.45, 7) is 7.30. The number of hydrogen-bond donors (Lipinski definition) is 1. The van der Waals surface area contributed by atoms with Crippen molar-refractivity contribution in [2.24, 2.45) is 5.41 Å². The van der Waals surface area contributed by atoms with Crippen LogP contribution in [0.1, 0.15) is 67.9 Å². The molecule has 1 unspecified atom stereocenters. The van der Waals surface area contributed by atoms with Crippen molar-refractivity contribution in [2.75, 3.05) is 5.32 Å². The van der Waals surface area contributed by atoms with Crippen LogP contribution < -0.4 is 5.32 Å². The van der Waals surface area contributed by atoms with Crippen LogP contribution in [0, 0.1) is 12.3 Å². The maximum absolute atomic E-state index is 12.9. The van der Waals surface area contributed by atoms with Gasteiger partial charge in [0.1, 0.15) is 5.78 Å². The molecule has 1 N–H and O–H groups in total. The molecular formula is C19H25NO3. The highest BCUT2D eigenvalue weighted by Gasteiger charge is 2.44. The zero-order valence-corrected chi connectivity index (χ0v) is 14.4. The van der Waals surface area contributed by atoms with Gasteiger partial charge in [0.2, 0.25) is 5.91 Å². The molecule has 1 atom stereocenters. The predicted molar refractivity (Wildman–Crippen MR) is 90.8 cm³/mol. The first kappa shape index (κ1) is 17.4. The highest BCUT2D eigenvalue weighted by Crippen LogP contribution is 2.45. The predicted octanol–water partition coefficient (Wildman–Crippen LogP) is 3.85. The third-order valence-electron chi connectivity index (χ3n) is 5.10. The Morgan fingerprint density at radius 3 is 2.52 bits per heavy atom. The summed E-state index contributed by atoms with van der Waals surface area (Å²) in [7, 11) is 0. The molecule has 1 aromatic rings. The highest BCUT2D eigenvalue weighted by atomic mass is 16.1. The fourth-order valence-electron chi connectivity index (χ4n) is 3.45. The molecule has 0 bridgehead atoms. The lowest BCUT2D eigenvalue weighted by Crippen LogP contribution is -2.28. The summed E-state index contributed by atoms with van der Waals surface area (Å²) in [5.41, 5.74) is 3.03. The van der Waals surface area contributed by atoms with E-state index < -0.39 is 5.41 Å². The van der Waals surface area contributed by atoms with Crippen LogP contribution in [-0.4, -0.2) is 17.5 Å². The molecule has 0 heterocycles. The van der Waals surface area contributed by atoms with E-state index in [0.717, 1.165) is 28.8 Å². The van der Waals surface area contributed by atoms with E-state index >= 15 is 0 Å². The number of nitrogens with one attached hydrogen (secondary N) is 1. The molecular weight excluding hydrogens is 290 g/mol. The molecule has 2 rings (SSSR count). The second-order valence-electron chi connectivity index (χ2n) is 6.48. The Kier molecular flexibility index (Phi) is 5.03. The summed E-state index contributed by atoms with van der Waals surface area (Å²) in [5, 5.41) is 2.82. The lowest BCUT2D eigenvalue weighted by Gasteiger charge is -2.25. The zero-order chi connectivity index (χ0) is 17.2. The van der Waals surface area contributed by atoms with Crippen molar-refractivity contribution < 1.29 is 14.4 Å². The maximum Gasteiger partial charge on any atom is 0.221 e. The average molecular weight is 315 g/mol. The summed E-state index contributed by atoms with van der Waals surface area (Å²) in [5.74, 6) is 0.237. The summed E-state index contributed by atoms with van der Waals surface area (Å²) in [6.07, 6.45) is 2.98. The Labute approximate surface area is 137 Å². The minimum atomic E-state index is -0.466. The van der Waals surface area contributed by atoms with Gasteiger partial charge in [0, 0.05) is 36.4 Å². The highest BCUT2D eigenvalue weighted by molar-refractivity contribution is 6.06. The molecule has 23 heavy (non-hydrogen) atoms. The molecule has 4 heteroatoms. The summed E-state index contributed by atoms with van der Waals surface area (Å²) < 4.78 is 0. The zero-order valence-electron chi connectivity index (χ0n) is 14.4. The molecule has 0 saturated carbocycles. The molecule has 1 aliphatic rings. The lowest BCUT2D eigenvalue weighted by molar-refractivity contribution is -0.119. The molecule has 4 nitrogen and oxygen atoms in total. The number of carbonyl (C=O) groups excluding carboxylic acids is 3. The SMILES string of the molecule is CCC(=O)CCC1(CC)Cc2c(ccc(NC(C)=O)c2C)C1=O. The van der Waals surface area contributed by atoms with Crippen LogP contribution in [0.3, 0.4) is 0 Å². The van der Waals surface area contributed by atoms with Crippen molar-refractivity contribution in [3.8, 4) is 0 Å². The molecule has 0 saturated heterocycles. The molecule has 0 aliphatic heterocycles. The standard InChI is InChI=1S/C19H25NO3/c1-5-14(22)9-10-19(6-2)11-16-12(3)17(20-13(4)21)8-7-15(16)18(19)23/h7-8H,5-6,9-11H2,1-4H3,(H,20,21). The average Bonchev–Trinajstić information content (AvgIpc) is 2.81. The second kappa shape index (κ2) is 6.65. The smallest absolute Gasteiger partial charge is 0.221 e.